The van der Waals surface area contributed by atoms with Gasteiger partial charge < -0.3 is 5.32 Å². The number of nitrogens with zero attached hydrogens (tertiary/aromatic N) is 3. The highest BCUT2D eigenvalue weighted by molar-refractivity contribution is 7.99. The molecule has 0 aliphatic carbocycles. The van der Waals surface area contributed by atoms with Gasteiger partial charge in [0.25, 0.3) is 0 Å². The molecule has 0 atom stereocenters. The zero-order chi connectivity index (χ0) is 23.3. The summed E-state index contributed by atoms with van der Waals surface area (Å²) in [6, 6.07) is 11.2. The number of carbonyl (C=O) groups excluding carboxylic acids is 1. The average molecular weight is 474 g/mol. The second kappa shape index (κ2) is 10.2. The molecule has 32 heavy (non-hydrogen) atoms. The zero-order valence-electron chi connectivity index (χ0n) is 18.5. The summed E-state index contributed by atoms with van der Waals surface area (Å²) in [4.78, 5) is 12.6. The van der Waals surface area contributed by atoms with E-state index in [1.54, 1.807) is 38.4 Å². The first-order chi connectivity index (χ1) is 15.2. The Kier molecular flexibility index (Phi) is 7.57. The Balaban J connectivity index is 1.67. The van der Waals surface area contributed by atoms with Crippen LogP contribution in [0.15, 0.2) is 47.9 Å². The summed E-state index contributed by atoms with van der Waals surface area (Å²) in [7, 11) is -3.41. The van der Waals surface area contributed by atoms with E-state index in [0.717, 1.165) is 11.3 Å². The van der Waals surface area contributed by atoms with Gasteiger partial charge in [-0.05, 0) is 68.1 Å². The van der Waals surface area contributed by atoms with Crippen LogP contribution in [-0.2, 0) is 14.8 Å². The van der Waals surface area contributed by atoms with Gasteiger partial charge in [-0.1, -0.05) is 30.8 Å². The van der Waals surface area contributed by atoms with Gasteiger partial charge in [0.1, 0.15) is 6.33 Å². The molecular weight excluding hydrogens is 446 g/mol. The highest BCUT2D eigenvalue weighted by atomic mass is 32.2. The topological polar surface area (TPSA) is 106 Å². The molecule has 1 amide bonds. The Morgan fingerprint density at radius 1 is 1.09 bits per heavy atom. The molecule has 10 heteroatoms. The summed E-state index contributed by atoms with van der Waals surface area (Å²) < 4.78 is 28.6. The van der Waals surface area contributed by atoms with E-state index in [1.165, 1.54) is 17.3 Å². The predicted molar refractivity (Wildman–Crippen MR) is 129 cm³/mol. The van der Waals surface area contributed by atoms with Gasteiger partial charge >= 0.3 is 0 Å². The molecule has 0 spiro atoms. The lowest BCUT2D eigenvalue weighted by molar-refractivity contribution is -0.113. The normalized spacial score (nSPS) is 11.4. The molecule has 0 radical (unpaired) electrons. The summed E-state index contributed by atoms with van der Waals surface area (Å²) in [5.74, 6) is -0.0448. The van der Waals surface area contributed by atoms with Crippen molar-refractivity contribution in [2.45, 2.75) is 39.3 Å². The van der Waals surface area contributed by atoms with E-state index in [0.29, 0.717) is 28.5 Å². The molecule has 0 aliphatic heterocycles. The van der Waals surface area contributed by atoms with Gasteiger partial charge in [-0.25, -0.2) is 8.42 Å². The summed E-state index contributed by atoms with van der Waals surface area (Å²) in [5.41, 5.74) is 4.97. The maximum atomic E-state index is 12.6. The largest absolute Gasteiger partial charge is 0.325 e. The predicted octanol–water partition coefficient (Wildman–Crippen LogP) is 4.08. The van der Waals surface area contributed by atoms with Crippen molar-refractivity contribution in [2.75, 3.05) is 21.5 Å². The van der Waals surface area contributed by atoms with Crippen molar-refractivity contribution in [3.8, 4) is 5.69 Å². The number of rotatable bonds is 9. The number of aromatic nitrogens is 3. The van der Waals surface area contributed by atoms with Crippen LogP contribution in [0.2, 0.25) is 0 Å². The van der Waals surface area contributed by atoms with Gasteiger partial charge in [-0.15, -0.1) is 10.2 Å². The van der Waals surface area contributed by atoms with Crippen LogP contribution in [0.4, 0.5) is 11.4 Å². The molecule has 0 unspecified atom stereocenters. The highest BCUT2D eigenvalue weighted by Crippen LogP contribution is 2.26. The fourth-order valence-electron chi connectivity index (χ4n) is 3.06. The number of hydrogen-bond acceptors (Lipinski definition) is 6. The second-order valence-corrected chi connectivity index (χ2v) is 10.3. The van der Waals surface area contributed by atoms with Gasteiger partial charge in [0, 0.05) is 11.4 Å². The third-order valence-electron chi connectivity index (χ3n) is 4.96. The number of aryl methyl sites for hydroxylation is 2. The van der Waals surface area contributed by atoms with Crippen LogP contribution in [0, 0.1) is 20.8 Å². The van der Waals surface area contributed by atoms with Gasteiger partial charge in [0.15, 0.2) is 5.16 Å². The quantitative estimate of drug-likeness (QED) is 0.454. The first kappa shape index (κ1) is 23.8. The monoisotopic (exact) mass is 473 g/mol. The number of thioether (sulfide) groups is 1. The Labute approximate surface area is 192 Å². The van der Waals surface area contributed by atoms with Gasteiger partial charge in [0.2, 0.25) is 15.9 Å². The lowest BCUT2D eigenvalue weighted by atomic mass is 10.1. The molecule has 8 nitrogen and oxygen atoms in total. The number of nitrogens with one attached hydrogen (secondary N) is 2. The molecule has 3 rings (SSSR count). The molecule has 0 saturated carbocycles. The van der Waals surface area contributed by atoms with Crippen molar-refractivity contribution in [1.82, 2.24) is 14.8 Å². The molecule has 2 N–H and O–H groups in total. The SMILES string of the molecule is CCCS(=O)(=O)Nc1cccc(NC(=O)CSc2nncn2-c2ccc(C)c(C)c2)c1C. The van der Waals surface area contributed by atoms with Crippen molar-refractivity contribution in [1.29, 1.82) is 0 Å². The molecular formula is C22H27N5O3S2. The standard InChI is InChI=1S/C22H27N5O3S2/c1-5-11-32(29,30)26-20-8-6-7-19(17(20)4)24-21(28)13-31-22-25-23-14-27(22)18-10-9-15(2)16(3)12-18/h6-10,12,14,26H,5,11,13H2,1-4H3,(H,24,28). The highest BCUT2D eigenvalue weighted by Gasteiger charge is 2.15. The number of sulfonamides is 1. The zero-order valence-corrected chi connectivity index (χ0v) is 20.2. The lowest BCUT2D eigenvalue weighted by Crippen LogP contribution is -2.18. The number of carbonyl (C=O) groups is 1. The first-order valence-electron chi connectivity index (χ1n) is 10.2. The number of benzene rings is 2. The molecule has 2 aromatic carbocycles. The van der Waals surface area contributed by atoms with E-state index in [4.69, 9.17) is 0 Å². The van der Waals surface area contributed by atoms with Crippen LogP contribution in [-0.4, -0.2) is 40.6 Å². The van der Waals surface area contributed by atoms with Crippen LogP contribution < -0.4 is 10.0 Å². The number of amides is 1. The fourth-order valence-corrected chi connectivity index (χ4v) is 4.99. The van der Waals surface area contributed by atoms with Crippen LogP contribution in [0.25, 0.3) is 5.69 Å². The van der Waals surface area contributed by atoms with E-state index in [2.05, 4.69) is 33.2 Å². The summed E-state index contributed by atoms with van der Waals surface area (Å²) in [5, 5.41) is 11.6. The van der Waals surface area contributed by atoms with E-state index in [1.807, 2.05) is 23.6 Å². The van der Waals surface area contributed by atoms with Crippen LogP contribution in [0.3, 0.4) is 0 Å². The molecule has 3 aromatic rings. The van der Waals surface area contributed by atoms with Crippen LogP contribution in [0.5, 0.6) is 0 Å². The molecule has 0 aliphatic rings. The van der Waals surface area contributed by atoms with Gasteiger partial charge in [0.05, 0.1) is 17.2 Å². The van der Waals surface area contributed by atoms with Gasteiger partial charge in [-0.3, -0.25) is 14.1 Å². The fraction of sp³-hybridized carbons (Fsp3) is 0.318. The molecule has 0 bridgehead atoms. The summed E-state index contributed by atoms with van der Waals surface area (Å²) in [6.45, 7) is 7.67. The molecule has 1 heterocycles. The second-order valence-electron chi connectivity index (χ2n) is 7.49. The summed E-state index contributed by atoms with van der Waals surface area (Å²) >= 11 is 1.28. The lowest BCUT2D eigenvalue weighted by Gasteiger charge is -2.14. The molecule has 0 fully saturated rings. The van der Waals surface area contributed by atoms with Crippen molar-refractivity contribution in [2.24, 2.45) is 0 Å². The summed E-state index contributed by atoms with van der Waals surface area (Å²) in [6.07, 6.45) is 2.15. The minimum atomic E-state index is -3.41. The van der Waals surface area contributed by atoms with Crippen molar-refractivity contribution in [3.05, 3.63) is 59.4 Å². The molecule has 170 valence electrons. The molecule has 1 aromatic heterocycles. The Morgan fingerprint density at radius 3 is 2.56 bits per heavy atom. The van der Waals surface area contributed by atoms with Gasteiger partial charge in [-0.2, -0.15) is 0 Å². The minimum Gasteiger partial charge on any atom is -0.325 e. The number of hydrogen-bond donors (Lipinski definition) is 2. The van der Waals surface area contributed by atoms with E-state index in [-0.39, 0.29) is 17.4 Å². The van der Waals surface area contributed by atoms with E-state index < -0.39 is 10.0 Å². The smallest absolute Gasteiger partial charge is 0.234 e. The van der Waals surface area contributed by atoms with Crippen molar-refractivity contribution < 1.29 is 13.2 Å². The van der Waals surface area contributed by atoms with E-state index in [9.17, 15) is 13.2 Å². The van der Waals surface area contributed by atoms with E-state index >= 15 is 0 Å². The maximum absolute atomic E-state index is 12.6. The number of anilines is 2. The van der Waals surface area contributed by atoms with Crippen LogP contribution in [0.1, 0.15) is 30.0 Å². The maximum Gasteiger partial charge on any atom is 0.234 e. The Morgan fingerprint density at radius 2 is 1.84 bits per heavy atom. The molecule has 0 saturated heterocycles. The first-order valence-corrected chi connectivity index (χ1v) is 12.8. The Bertz CT molecular complexity index is 1220. The van der Waals surface area contributed by atoms with Crippen molar-refractivity contribution >= 4 is 39.1 Å². The minimum absolute atomic E-state index is 0.0425. The third kappa shape index (κ3) is 5.89. The third-order valence-corrected chi connectivity index (χ3v) is 7.38. The average Bonchev–Trinajstić information content (AvgIpc) is 3.20. The Hall–Kier alpha value is -2.85. The van der Waals surface area contributed by atoms with Crippen molar-refractivity contribution in [3.63, 3.8) is 0 Å². The van der Waals surface area contributed by atoms with Crippen LogP contribution >= 0.6 is 11.8 Å².